The fourth-order valence-electron chi connectivity index (χ4n) is 2.30. The van der Waals surface area contributed by atoms with E-state index in [4.69, 9.17) is 10.5 Å². The Hall–Kier alpha value is -1.26. The van der Waals surface area contributed by atoms with Crippen LogP contribution in [0.3, 0.4) is 0 Å². The van der Waals surface area contributed by atoms with Crippen molar-refractivity contribution in [1.29, 1.82) is 0 Å². The Kier molecular flexibility index (Phi) is 3.86. The van der Waals surface area contributed by atoms with Crippen LogP contribution in [0, 0.1) is 0 Å². The largest absolute Gasteiger partial charge is 0.497 e. The number of rotatable bonds is 4. The van der Waals surface area contributed by atoms with Crippen LogP contribution < -0.4 is 15.4 Å². The van der Waals surface area contributed by atoms with Gasteiger partial charge in [0.1, 0.15) is 5.75 Å². The second-order valence-corrected chi connectivity index (χ2v) is 4.37. The summed E-state index contributed by atoms with van der Waals surface area (Å²) in [4.78, 5) is 2.30. The molecule has 4 heteroatoms. The molecule has 0 radical (unpaired) electrons. The maximum Gasteiger partial charge on any atom is 0.119 e. The fraction of sp³-hybridized carbons (Fsp3) is 0.538. The molecule has 1 aliphatic heterocycles. The molecule has 4 nitrogen and oxygen atoms in total. The van der Waals surface area contributed by atoms with Crippen LogP contribution in [0.15, 0.2) is 18.2 Å². The van der Waals surface area contributed by atoms with E-state index in [9.17, 15) is 5.11 Å². The maximum atomic E-state index is 9.98. The Morgan fingerprint density at radius 3 is 2.71 bits per heavy atom. The van der Waals surface area contributed by atoms with E-state index in [0.29, 0.717) is 0 Å². The van der Waals surface area contributed by atoms with E-state index in [1.165, 1.54) is 12.8 Å². The van der Waals surface area contributed by atoms with Crippen LogP contribution >= 0.6 is 0 Å². The van der Waals surface area contributed by atoms with Crippen LogP contribution in [0.25, 0.3) is 0 Å². The highest BCUT2D eigenvalue weighted by Crippen LogP contribution is 2.32. The van der Waals surface area contributed by atoms with Crippen molar-refractivity contribution in [2.45, 2.75) is 18.9 Å². The molecule has 0 aliphatic carbocycles. The van der Waals surface area contributed by atoms with Crippen LogP contribution in [-0.4, -0.2) is 31.9 Å². The SMILES string of the molecule is COc1ccc(N2CCCC2)c(C(O)CN)c1. The third-order valence-electron chi connectivity index (χ3n) is 3.26. The van der Waals surface area contributed by atoms with Gasteiger partial charge in [-0.3, -0.25) is 0 Å². The van der Waals surface area contributed by atoms with E-state index in [-0.39, 0.29) is 6.54 Å². The van der Waals surface area contributed by atoms with Gasteiger partial charge in [0.15, 0.2) is 0 Å². The Morgan fingerprint density at radius 1 is 1.41 bits per heavy atom. The number of methoxy groups -OCH3 is 1. The van der Waals surface area contributed by atoms with E-state index in [1.807, 2.05) is 18.2 Å². The molecule has 0 bridgehead atoms. The Bertz CT molecular complexity index is 376. The summed E-state index contributed by atoms with van der Waals surface area (Å²) in [7, 11) is 1.63. The van der Waals surface area contributed by atoms with E-state index in [2.05, 4.69) is 4.90 Å². The third-order valence-corrected chi connectivity index (χ3v) is 3.26. The van der Waals surface area contributed by atoms with E-state index in [1.54, 1.807) is 7.11 Å². The molecule has 1 fully saturated rings. The second kappa shape index (κ2) is 5.38. The minimum Gasteiger partial charge on any atom is -0.497 e. The molecule has 2 rings (SSSR count). The number of aliphatic hydroxyl groups excluding tert-OH is 1. The van der Waals surface area contributed by atoms with Gasteiger partial charge in [-0.15, -0.1) is 0 Å². The maximum absolute atomic E-state index is 9.98. The molecule has 17 heavy (non-hydrogen) atoms. The standard InChI is InChI=1S/C13H20N2O2/c1-17-10-4-5-12(15-6-2-3-7-15)11(8-10)13(16)9-14/h4-5,8,13,16H,2-3,6-7,9,14H2,1H3. The molecule has 1 heterocycles. The van der Waals surface area contributed by atoms with Crippen LogP contribution in [0.1, 0.15) is 24.5 Å². The summed E-state index contributed by atoms with van der Waals surface area (Å²) in [6, 6.07) is 5.82. The van der Waals surface area contributed by atoms with Crippen molar-refractivity contribution in [2.75, 3.05) is 31.6 Å². The van der Waals surface area contributed by atoms with Gasteiger partial charge >= 0.3 is 0 Å². The molecule has 1 aliphatic rings. The highest BCUT2D eigenvalue weighted by Gasteiger charge is 2.19. The first-order valence-electron chi connectivity index (χ1n) is 6.07. The van der Waals surface area contributed by atoms with Gasteiger partial charge in [0.05, 0.1) is 13.2 Å². The summed E-state index contributed by atoms with van der Waals surface area (Å²) in [6.07, 6.45) is 1.80. The van der Waals surface area contributed by atoms with Gasteiger partial charge in [-0.2, -0.15) is 0 Å². The second-order valence-electron chi connectivity index (χ2n) is 4.37. The summed E-state index contributed by atoms with van der Waals surface area (Å²) in [5.41, 5.74) is 7.51. The number of hydrogen-bond acceptors (Lipinski definition) is 4. The van der Waals surface area contributed by atoms with Gasteiger partial charge in [0.25, 0.3) is 0 Å². The summed E-state index contributed by atoms with van der Waals surface area (Å²) in [6.45, 7) is 2.33. The van der Waals surface area contributed by atoms with Gasteiger partial charge in [-0.1, -0.05) is 0 Å². The number of benzene rings is 1. The average molecular weight is 236 g/mol. The fourth-order valence-corrected chi connectivity index (χ4v) is 2.30. The number of nitrogens with zero attached hydrogens (tertiary/aromatic N) is 1. The van der Waals surface area contributed by atoms with Crippen molar-refractivity contribution in [1.82, 2.24) is 0 Å². The lowest BCUT2D eigenvalue weighted by Gasteiger charge is -2.24. The van der Waals surface area contributed by atoms with Crippen LogP contribution in [0.2, 0.25) is 0 Å². The molecule has 1 aromatic rings. The first-order valence-corrected chi connectivity index (χ1v) is 6.07. The van der Waals surface area contributed by atoms with Crippen LogP contribution in [0.4, 0.5) is 5.69 Å². The summed E-state index contributed by atoms with van der Waals surface area (Å²) in [5.74, 6) is 0.760. The predicted octanol–water partition coefficient (Wildman–Crippen LogP) is 1.29. The summed E-state index contributed by atoms with van der Waals surface area (Å²) >= 11 is 0. The zero-order valence-electron chi connectivity index (χ0n) is 10.2. The summed E-state index contributed by atoms with van der Waals surface area (Å²) < 4.78 is 5.20. The monoisotopic (exact) mass is 236 g/mol. The topological polar surface area (TPSA) is 58.7 Å². The molecular formula is C13H20N2O2. The molecule has 0 aromatic heterocycles. The van der Waals surface area contributed by atoms with Crippen LogP contribution in [-0.2, 0) is 0 Å². The smallest absolute Gasteiger partial charge is 0.119 e. The zero-order valence-corrected chi connectivity index (χ0v) is 10.2. The van der Waals surface area contributed by atoms with Gasteiger partial charge in [-0.05, 0) is 31.0 Å². The Labute approximate surface area is 102 Å². The number of hydrogen-bond donors (Lipinski definition) is 2. The molecule has 94 valence electrons. The molecule has 1 atom stereocenters. The van der Waals surface area contributed by atoms with E-state index >= 15 is 0 Å². The third kappa shape index (κ3) is 2.53. The lowest BCUT2D eigenvalue weighted by atomic mass is 10.1. The number of ether oxygens (including phenoxy) is 1. The van der Waals surface area contributed by atoms with Gasteiger partial charge in [-0.25, -0.2) is 0 Å². The molecule has 0 saturated carbocycles. The normalized spacial score (nSPS) is 17.2. The van der Waals surface area contributed by atoms with E-state index in [0.717, 1.165) is 30.1 Å². The van der Waals surface area contributed by atoms with Gasteiger partial charge < -0.3 is 20.5 Å². The highest BCUT2D eigenvalue weighted by atomic mass is 16.5. The molecule has 1 unspecified atom stereocenters. The minimum absolute atomic E-state index is 0.230. The molecule has 3 N–H and O–H groups in total. The van der Waals surface area contributed by atoms with Gasteiger partial charge in [0.2, 0.25) is 0 Å². The quantitative estimate of drug-likeness (QED) is 0.827. The highest BCUT2D eigenvalue weighted by molar-refractivity contribution is 5.58. The molecular weight excluding hydrogens is 216 g/mol. The van der Waals surface area contributed by atoms with Crippen molar-refractivity contribution in [3.63, 3.8) is 0 Å². The molecule has 1 saturated heterocycles. The molecule has 1 aromatic carbocycles. The molecule has 0 amide bonds. The lowest BCUT2D eigenvalue weighted by molar-refractivity contribution is 0.186. The minimum atomic E-state index is -0.624. The molecule has 0 spiro atoms. The first-order chi connectivity index (χ1) is 8.26. The van der Waals surface area contributed by atoms with Crippen molar-refractivity contribution in [3.05, 3.63) is 23.8 Å². The lowest BCUT2D eigenvalue weighted by Crippen LogP contribution is -2.22. The summed E-state index contributed by atoms with van der Waals surface area (Å²) in [5, 5.41) is 9.98. The van der Waals surface area contributed by atoms with Gasteiger partial charge in [0, 0.05) is 30.9 Å². The predicted molar refractivity (Wildman–Crippen MR) is 68.5 cm³/mol. The Morgan fingerprint density at radius 2 is 2.12 bits per heavy atom. The van der Waals surface area contributed by atoms with Crippen molar-refractivity contribution < 1.29 is 9.84 Å². The van der Waals surface area contributed by atoms with Crippen molar-refractivity contribution in [3.8, 4) is 5.75 Å². The van der Waals surface area contributed by atoms with E-state index < -0.39 is 6.10 Å². The average Bonchev–Trinajstić information content (AvgIpc) is 2.90. The number of aliphatic hydroxyl groups is 1. The Balaban J connectivity index is 2.35. The zero-order chi connectivity index (χ0) is 12.3. The number of anilines is 1. The van der Waals surface area contributed by atoms with Crippen molar-refractivity contribution >= 4 is 5.69 Å². The van der Waals surface area contributed by atoms with Crippen LogP contribution in [0.5, 0.6) is 5.75 Å². The van der Waals surface area contributed by atoms with Crippen molar-refractivity contribution in [2.24, 2.45) is 5.73 Å². The number of nitrogens with two attached hydrogens (primary N) is 1. The first kappa shape index (κ1) is 12.2.